The normalized spacial score (nSPS) is 12.7. The smallest absolute Gasteiger partial charge is 0.316 e. The van der Waals surface area contributed by atoms with Crippen LogP contribution in [0.5, 0.6) is 11.5 Å². The van der Waals surface area contributed by atoms with Gasteiger partial charge in [0.05, 0.1) is 15.7 Å². The second-order valence-electron chi connectivity index (χ2n) is 7.70. The molecular formula is C21H27Cl2NO3S. The summed E-state index contributed by atoms with van der Waals surface area (Å²) in [5, 5.41) is 9.80. The van der Waals surface area contributed by atoms with Crippen LogP contribution in [-0.2, 0) is 11.3 Å². The first-order valence-corrected chi connectivity index (χ1v) is 11.1. The third-order valence-corrected chi connectivity index (χ3v) is 5.75. The van der Waals surface area contributed by atoms with E-state index in [9.17, 15) is 9.32 Å². The van der Waals surface area contributed by atoms with E-state index in [0.29, 0.717) is 17.4 Å². The molecule has 0 bridgehead atoms. The number of benzene rings is 2. The SMILES string of the molecule is CC(C)c1cc(C(C)C)c(OS(=O)Nc2cc(Cl)c(O)c(Cl)c2)c(C(C)C)c1. The summed E-state index contributed by atoms with van der Waals surface area (Å²) in [6, 6.07) is 7.14. The van der Waals surface area contributed by atoms with Crippen LogP contribution in [0.2, 0.25) is 10.0 Å². The van der Waals surface area contributed by atoms with Gasteiger partial charge in [-0.1, -0.05) is 76.9 Å². The first kappa shape index (κ1) is 22.9. The number of hydrogen-bond acceptors (Lipinski definition) is 3. The number of rotatable bonds is 7. The van der Waals surface area contributed by atoms with Crippen LogP contribution in [0.1, 0.15) is 76.0 Å². The summed E-state index contributed by atoms with van der Waals surface area (Å²) in [5.74, 6) is 1.22. The minimum absolute atomic E-state index is 0.0685. The Morgan fingerprint density at radius 3 is 1.75 bits per heavy atom. The summed E-state index contributed by atoms with van der Waals surface area (Å²) in [6.45, 7) is 12.7. The van der Waals surface area contributed by atoms with Gasteiger partial charge in [-0.3, -0.25) is 4.72 Å². The van der Waals surface area contributed by atoms with Crippen molar-refractivity contribution in [2.75, 3.05) is 4.72 Å². The van der Waals surface area contributed by atoms with Gasteiger partial charge in [0.1, 0.15) is 5.75 Å². The lowest BCUT2D eigenvalue weighted by molar-refractivity contribution is 0.476. The minimum atomic E-state index is -1.87. The molecule has 2 aromatic rings. The fourth-order valence-corrected chi connectivity index (χ4v) is 3.99. The van der Waals surface area contributed by atoms with E-state index < -0.39 is 11.3 Å². The van der Waals surface area contributed by atoms with Crippen molar-refractivity contribution >= 4 is 40.2 Å². The highest BCUT2D eigenvalue weighted by molar-refractivity contribution is 7.82. The number of aromatic hydroxyl groups is 1. The molecule has 0 amide bonds. The van der Waals surface area contributed by atoms with E-state index in [0.717, 1.165) is 11.1 Å². The maximum atomic E-state index is 12.7. The molecule has 0 aromatic heterocycles. The molecule has 0 saturated carbocycles. The van der Waals surface area contributed by atoms with Gasteiger partial charge in [-0.05, 0) is 46.6 Å². The average molecular weight is 444 g/mol. The Kier molecular flexibility index (Phi) is 7.66. The fraction of sp³-hybridized carbons (Fsp3) is 0.429. The Labute approximate surface area is 180 Å². The Balaban J connectivity index is 2.40. The molecule has 0 fully saturated rings. The molecule has 2 N–H and O–H groups in total. The zero-order valence-electron chi connectivity index (χ0n) is 17.0. The average Bonchev–Trinajstić information content (AvgIpc) is 2.58. The highest BCUT2D eigenvalue weighted by atomic mass is 35.5. The van der Waals surface area contributed by atoms with Gasteiger partial charge in [-0.15, -0.1) is 0 Å². The van der Waals surface area contributed by atoms with Crippen LogP contribution in [0.25, 0.3) is 0 Å². The molecule has 0 aliphatic carbocycles. The first-order chi connectivity index (χ1) is 13.0. The molecule has 0 aliphatic rings. The van der Waals surface area contributed by atoms with Gasteiger partial charge >= 0.3 is 11.3 Å². The molecule has 0 aliphatic heterocycles. The lowest BCUT2D eigenvalue weighted by Crippen LogP contribution is -2.14. The van der Waals surface area contributed by atoms with Gasteiger partial charge < -0.3 is 9.29 Å². The molecule has 1 atom stereocenters. The molecule has 7 heteroatoms. The maximum Gasteiger partial charge on any atom is 0.316 e. The van der Waals surface area contributed by atoms with Crippen molar-refractivity contribution < 1.29 is 13.5 Å². The predicted molar refractivity (Wildman–Crippen MR) is 119 cm³/mol. The van der Waals surface area contributed by atoms with Crippen molar-refractivity contribution in [2.45, 2.75) is 59.3 Å². The summed E-state index contributed by atoms with van der Waals surface area (Å²) >= 11 is 9.99. The van der Waals surface area contributed by atoms with Crippen LogP contribution in [0.3, 0.4) is 0 Å². The van der Waals surface area contributed by atoms with Gasteiger partial charge in [0.2, 0.25) is 0 Å². The number of phenolic OH excluding ortho intramolecular Hbond substituents is 1. The molecule has 28 heavy (non-hydrogen) atoms. The van der Waals surface area contributed by atoms with Gasteiger partial charge in [0, 0.05) is 0 Å². The lowest BCUT2D eigenvalue weighted by Gasteiger charge is -2.22. The molecular weight excluding hydrogens is 417 g/mol. The van der Waals surface area contributed by atoms with Crippen LogP contribution < -0.4 is 8.91 Å². The van der Waals surface area contributed by atoms with Crippen LogP contribution in [0, 0.1) is 0 Å². The van der Waals surface area contributed by atoms with Gasteiger partial charge in [-0.25, -0.2) is 0 Å². The molecule has 154 valence electrons. The fourth-order valence-electron chi connectivity index (χ4n) is 2.80. The molecule has 2 aromatic carbocycles. The van der Waals surface area contributed by atoms with Crippen LogP contribution in [0.4, 0.5) is 5.69 Å². The summed E-state index contributed by atoms with van der Waals surface area (Å²) < 4.78 is 21.3. The zero-order chi connectivity index (χ0) is 21.2. The van der Waals surface area contributed by atoms with Crippen LogP contribution >= 0.6 is 23.2 Å². The van der Waals surface area contributed by atoms with E-state index in [1.54, 1.807) is 0 Å². The van der Waals surface area contributed by atoms with E-state index in [1.165, 1.54) is 17.7 Å². The minimum Gasteiger partial charge on any atom is -0.505 e. The summed E-state index contributed by atoms with van der Waals surface area (Å²) in [4.78, 5) is 0. The van der Waals surface area contributed by atoms with E-state index >= 15 is 0 Å². The van der Waals surface area contributed by atoms with Crippen LogP contribution in [0.15, 0.2) is 24.3 Å². The van der Waals surface area contributed by atoms with Crippen molar-refractivity contribution in [3.8, 4) is 11.5 Å². The Morgan fingerprint density at radius 1 is 0.893 bits per heavy atom. The number of hydrogen-bond donors (Lipinski definition) is 2. The lowest BCUT2D eigenvalue weighted by atomic mass is 9.88. The van der Waals surface area contributed by atoms with E-state index in [4.69, 9.17) is 27.4 Å². The van der Waals surface area contributed by atoms with Crippen molar-refractivity contribution in [3.05, 3.63) is 51.0 Å². The summed E-state index contributed by atoms with van der Waals surface area (Å²) in [7, 11) is 0. The Bertz CT molecular complexity index is 830. The maximum absolute atomic E-state index is 12.7. The third-order valence-electron chi connectivity index (χ3n) is 4.46. The van der Waals surface area contributed by atoms with Gasteiger partial charge in [-0.2, -0.15) is 4.21 Å². The zero-order valence-corrected chi connectivity index (χ0v) is 19.3. The van der Waals surface area contributed by atoms with Crippen molar-refractivity contribution in [1.82, 2.24) is 0 Å². The standard InChI is InChI=1S/C21H27Cl2NO3S/c1-11(2)14-7-16(12(3)4)21(17(8-14)13(5)6)27-28(26)24-15-9-18(22)20(25)19(23)10-15/h7-13,24-25H,1-6H3. The summed E-state index contributed by atoms with van der Waals surface area (Å²) in [5.41, 5.74) is 3.66. The van der Waals surface area contributed by atoms with E-state index in [-0.39, 0.29) is 27.6 Å². The first-order valence-electron chi connectivity index (χ1n) is 9.23. The second kappa shape index (κ2) is 9.38. The van der Waals surface area contributed by atoms with Crippen LogP contribution in [-0.4, -0.2) is 9.32 Å². The number of nitrogens with one attached hydrogen (secondary N) is 1. The number of halogens is 2. The largest absolute Gasteiger partial charge is 0.505 e. The highest BCUT2D eigenvalue weighted by Gasteiger charge is 2.21. The molecule has 1 unspecified atom stereocenters. The summed E-state index contributed by atoms with van der Waals surface area (Å²) in [6.07, 6.45) is 0. The van der Waals surface area contributed by atoms with Crippen molar-refractivity contribution in [1.29, 1.82) is 0 Å². The number of phenols is 1. The highest BCUT2D eigenvalue weighted by Crippen LogP contribution is 2.39. The second-order valence-corrected chi connectivity index (χ2v) is 9.36. The van der Waals surface area contributed by atoms with Crippen molar-refractivity contribution in [3.63, 3.8) is 0 Å². The number of anilines is 1. The Hall–Kier alpha value is -1.43. The molecule has 0 spiro atoms. The quantitative estimate of drug-likeness (QED) is 0.446. The molecule has 0 radical (unpaired) electrons. The molecule has 0 heterocycles. The van der Waals surface area contributed by atoms with Crippen molar-refractivity contribution in [2.24, 2.45) is 0 Å². The van der Waals surface area contributed by atoms with Gasteiger partial charge in [0.15, 0.2) is 5.75 Å². The molecule has 4 nitrogen and oxygen atoms in total. The molecule has 0 saturated heterocycles. The Morgan fingerprint density at radius 2 is 1.36 bits per heavy atom. The van der Waals surface area contributed by atoms with E-state index in [2.05, 4.69) is 58.4 Å². The molecule has 2 rings (SSSR count). The third kappa shape index (κ3) is 5.34. The topological polar surface area (TPSA) is 58.6 Å². The predicted octanol–water partition coefficient (Wildman–Crippen LogP) is 7.14. The van der Waals surface area contributed by atoms with Gasteiger partial charge in [0.25, 0.3) is 0 Å². The monoisotopic (exact) mass is 443 g/mol. The van der Waals surface area contributed by atoms with E-state index in [1.807, 2.05) is 0 Å².